The Morgan fingerprint density at radius 3 is 1.75 bits per heavy atom. The molecule has 0 aromatic rings. The maximum Gasteiger partial charge on any atom is 0.305 e. The number of hydrogen-bond donors (Lipinski definition) is 0. The summed E-state index contributed by atoms with van der Waals surface area (Å²) in [4.78, 5) is 11.8. The monoisotopic (exact) mass is 340 g/mol. The highest BCUT2D eigenvalue weighted by atomic mass is 16.5. The van der Waals surface area contributed by atoms with Crippen LogP contribution in [0, 0.1) is 5.92 Å². The Bertz CT molecular complexity index is 263. The van der Waals surface area contributed by atoms with Gasteiger partial charge in [0.05, 0.1) is 6.61 Å². The van der Waals surface area contributed by atoms with Crippen LogP contribution in [0.25, 0.3) is 0 Å². The van der Waals surface area contributed by atoms with Crippen molar-refractivity contribution in [3.63, 3.8) is 0 Å². The van der Waals surface area contributed by atoms with Crippen LogP contribution in [0.3, 0.4) is 0 Å². The molecule has 0 fully saturated rings. The summed E-state index contributed by atoms with van der Waals surface area (Å²) in [5, 5.41) is 0. The lowest BCUT2D eigenvalue weighted by Gasteiger charge is -2.15. The molecule has 0 bridgehead atoms. The fourth-order valence-electron chi connectivity index (χ4n) is 3.13. The van der Waals surface area contributed by atoms with E-state index in [4.69, 9.17) is 4.74 Å². The van der Waals surface area contributed by atoms with Crippen molar-refractivity contribution in [2.75, 3.05) is 6.61 Å². The second-order valence-electron chi connectivity index (χ2n) is 7.39. The first-order valence-electron chi connectivity index (χ1n) is 10.9. The Hall–Kier alpha value is -0.530. The fraction of sp³-hybridized carbons (Fsp3) is 0.955. The molecule has 0 spiro atoms. The molecule has 0 aliphatic rings. The zero-order valence-corrected chi connectivity index (χ0v) is 16.9. The molecule has 24 heavy (non-hydrogen) atoms. The molecular weight excluding hydrogens is 296 g/mol. The van der Waals surface area contributed by atoms with E-state index >= 15 is 0 Å². The van der Waals surface area contributed by atoms with Crippen molar-refractivity contribution < 1.29 is 9.53 Å². The number of ether oxygens (including phenoxy) is 1. The van der Waals surface area contributed by atoms with Crippen LogP contribution in [0.1, 0.15) is 124 Å². The highest BCUT2D eigenvalue weighted by molar-refractivity contribution is 5.69. The van der Waals surface area contributed by atoms with Crippen molar-refractivity contribution >= 4 is 5.97 Å². The standard InChI is InChI=1S/C22H44O2/c1-4-7-9-11-13-14-16-18-21(6-3)20-24-22(23)19-17-15-12-10-8-5-2/h21H,4-20H2,1-3H3. The third-order valence-corrected chi connectivity index (χ3v) is 5.01. The van der Waals surface area contributed by atoms with Crippen LogP contribution in [0.2, 0.25) is 0 Å². The maximum atomic E-state index is 11.8. The van der Waals surface area contributed by atoms with Gasteiger partial charge in [0.15, 0.2) is 0 Å². The van der Waals surface area contributed by atoms with Gasteiger partial charge < -0.3 is 4.74 Å². The van der Waals surface area contributed by atoms with E-state index in [1.54, 1.807) is 0 Å². The number of carbonyl (C=O) groups excluding carboxylic acids is 1. The first-order chi connectivity index (χ1) is 11.7. The summed E-state index contributed by atoms with van der Waals surface area (Å²) in [5.41, 5.74) is 0. The second kappa shape index (κ2) is 18.8. The zero-order valence-electron chi connectivity index (χ0n) is 16.9. The van der Waals surface area contributed by atoms with Gasteiger partial charge in [0.25, 0.3) is 0 Å². The highest BCUT2D eigenvalue weighted by Gasteiger charge is 2.10. The molecule has 0 aromatic heterocycles. The van der Waals surface area contributed by atoms with E-state index in [9.17, 15) is 4.79 Å². The first kappa shape index (κ1) is 23.5. The quantitative estimate of drug-likeness (QED) is 0.191. The van der Waals surface area contributed by atoms with Crippen LogP contribution in [-0.2, 0) is 9.53 Å². The van der Waals surface area contributed by atoms with Gasteiger partial charge in [0, 0.05) is 6.42 Å². The molecule has 0 N–H and O–H groups in total. The van der Waals surface area contributed by atoms with E-state index in [2.05, 4.69) is 20.8 Å². The molecule has 1 atom stereocenters. The Labute approximate surface area is 152 Å². The van der Waals surface area contributed by atoms with Crippen LogP contribution in [-0.4, -0.2) is 12.6 Å². The molecule has 0 aliphatic carbocycles. The lowest BCUT2D eigenvalue weighted by molar-refractivity contribution is -0.145. The summed E-state index contributed by atoms with van der Waals surface area (Å²) >= 11 is 0. The van der Waals surface area contributed by atoms with Gasteiger partial charge in [0.2, 0.25) is 0 Å². The van der Waals surface area contributed by atoms with Crippen molar-refractivity contribution in [1.82, 2.24) is 0 Å². The number of hydrogen-bond acceptors (Lipinski definition) is 2. The third-order valence-electron chi connectivity index (χ3n) is 5.01. The summed E-state index contributed by atoms with van der Waals surface area (Å²) in [6.07, 6.45) is 19.8. The molecule has 2 nitrogen and oxygen atoms in total. The van der Waals surface area contributed by atoms with Gasteiger partial charge in [-0.2, -0.15) is 0 Å². The van der Waals surface area contributed by atoms with Gasteiger partial charge in [-0.3, -0.25) is 4.79 Å². The van der Waals surface area contributed by atoms with Crippen molar-refractivity contribution in [2.45, 2.75) is 124 Å². The second-order valence-corrected chi connectivity index (χ2v) is 7.39. The molecule has 0 saturated heterocycles. The summed E-state index contributed by atoms with van der Waals surface area (Å²) < 4.78 is 5.49. The topological polar surface area (TPSA) is 26.3 Å². The summed E-state index contributed by atoms with van der Waals surface area (Å²) in [6.45, 7) is 7.35. The van der Waals surface area contributed by atoms with Crippen LogP contribution in [0.5, 0.6) is 0 Å². The van der Waals surface area contributed by atoms with E-state index in [0.29, 0.717) is 18.9 Å². The Morgan fingerprint density at radius 2 is 1.21 bits per heavy atom. The molecule has 2 heteroatoms. The number of carbonyl (C=O) groups is 1. The van der Waals surface area contributed by atoms with E-state index < -0.39 is 0 Å². The highest BCUT2D eigenvalue weighted by Crippen LogP contribution is 2.16. The largest absolute Gasteiger partial charge is 0.465 e. The number of unbranched alkanes of at least 4 members (excludes halogenated alkanes) is 11. The van der Waals surface area contributed by atoms with E-state index in [1.165, 1.54) is 83.5 Å². The van der Waals surface area contributed by atoms with Crippen LogP contribution in [0.15, 0.2) is 0 Å². The first-order valence-corrected chi connectivity index (χ1v) is 10.9. The molecule has 1 unspecified atom stereocenters. The number of esters is 1. The van der Waals surface area contributed by atoms with E-state index in [1.807, 2.05) is 0 Å². The van der Waals surface area contributed by atoms with Crippen LogP contribution >= 0.6 is 0 Å². The van der Waals surface area contributed by atoms with Crippen molar-refractivity contribution in [1.29, 1.82) is 0 Å². The Kier molecular flexibility index (Phi) is 18.4. The smallest absolute Gasteiger partial charge is 0.305 e. The lowest BCUT2D eigenvalue weighted by atomic mass is 9.98. The van der Waals surface area contributed by atoms with Crippen molar-refractivity contribution in [2.24, 2.45) is 5.92 Å². The minimum Gasteiger partial charge on any atom is -0.465 e. The third kappa shape index (κ3) is 16.3. The van der Waals surface area contributed by atoms with Gasteiger partial charge in [0.1, 0.15) is 0 Å². The SMILES string of the molecule is CCCCCCCCCC(CC)COC(=O)CCCCCCCC. The Morgan fingerprint density at radius 1 is 0.708 bits per heavy atom. The van der Waals surface area contributed by atoms with Gasteiger partial charge in [-0.1, -0.05) is 104 Å². The van der Waals surface area contributed by atoms with Gasteiger partial charge >= 0.3 is 5.97 Å². The predicted molar refractivity (Wildman–Crippen MR) is 105 cm³/mol. The molecule has 0 heterocycles. The van der Waals surface area contributed by atoms with Gasteiger partial charge in [-0.05, 0) is 18.8 Å². The molecule has 0 aliphatic heterocycles. The average Bonchev–Trinajstić information content (AvgIpc) is 2.59. The minimum absolute atomic E-state index is 0.0171. The predicted octanol–water partition coefficient (Wildman–Crippen LogP) is 7.45. The maximum absolute atomic E-state index is 11.8. The molecular formula is C22H44O2. The van der Waals surface area contributed by atoms with E-state index in [0.717, 1.165) is 12.8 Å². The molecule has 0 aromatic carbocycles. The molecule has 144 valence electrons. The summed E-state index contributed by atoms with van der Waals surface area (Å²) in [5.74, 6) is 0.581. The average molecular weight is 341 g/mol. The van der Waals surface area contributed by atoms with Crippen molar-refractivity contribution in [3.8, 4) is 0 Å². The number of rotatable bonds is 18. The fourth-order valence-corrected chi connectivity index (χ4v) is 3.13. The van der Waals surface area contributed by atoms with Crippen LogP contribution < -0.4 is 0 Å². The molecule has 0 rings (SSSR count). The van der Waals surface area contributed by atoms with Gasteiger partial charge in [-0.15, -0.1) is 0 Å². The van der Waals surface area contributed by atoms with Gasteiger partial charge in [-0.25, -0.2) is 0 Å². The van der Waals surface area contributed by atoms with Crippen LogP contribution in [0.4, 0.5) is 0 Å². The minimum atomic E-state index is 0.0171. The molecule has 0 radical (unpaired) electrons. The Balaban J connectivity index is 3.50. The molecule has 0 saturated carbocycles. The van der Waals surface area contributed by atoms with Crippen molar-refractivity contribution in [3.05, 3.63) is 0 Å². The lowest BCUT2D eigenvalue weighted by Crippen LogP contribution is -2.13. The normalized spacial score (nSPS) is 12.3. The zero-order chi connectivity index (χ0) is 17.9. The summed E-state index contributed by atoms with van der Waals surface area (Å²) in [7, 11) is 0. The van der Waals surface area contributed by atoms with E-state index in [-0.39, 0.29) is 5.97 Å². The summed E-state index contributed by atoms with van der Waals surface area (Å²) in [6, 6.07) is 0. The molecule has 0 amide bonds.